The maximum Gasteiger partial charge on any atom is -0.0155 e. The average Bonchev–Trinajstić information content (AvgIpc) is 4.22. The van der Waals surface area contributed by atoms with Gasteiger partial charge in [0.05, 0.1) is 14.2 Å². The molecule has 8 atom stereocenters. The van der Waals surface area contributed by atoms with E-state index < -0.39 is 18.4 Å². The number of methoxy groups -OCH3 is 2. The van der Waals surface area contributed by atoms with Crippen LogP contribution >= 0.6 is 0 Å². The summed E-state index contributed by atoms with van der Waals surface area (Å²) in [4.78, 5) is 58.4. The van der Waals surface area contributed by atoms with Gasteiger partial charge in [-0.2, -0.15) is 0 Å². The van der Waals surface area contributed by atoms with Gasteiger partial charge in [-0.25, -0.2) is 9.59 Å². The van der Waals surface area contributed by atoms with E-state index >= 15 is 0 Å². The van der Waals surface area contributed by atoms with Crippen molar-refractivity contribution < 1.29 is 63.6 Å². The van der Waals surface area contributed by atoms with Crippen molar-refractivity contribution in [3.05, 3.63) is 108 Å². The molecule has 0 radical (unpaired) electrons. The number of benzene rings is 4. The summed E-state index contributed by atoms with van der Waals surface area (Å²) in [6.07, 6.45) is 1.10. The molecule has 10 heterocycles. The minimum atomic E-state index is -4.49. The van der Waals surface area contributed by atoms with Crippen LogP contribution in [0.25, 0.3) is 0 Å². The number of rotatable bonds is 18. The third kappa shape index (κ3) is 1.41. The molecule has 14 rings (SSSR count). The van der Waals surface area contributed by atoms with E-state index in [1.54, 1.807) is 111 Å². The summed E-state index contributed by atoms with van der Waals surface area (Å²) < 4.78 is 44.6. The van der Waals surface area contributed by atoms with Crippen molar-refractivity contribution in [2.75, 3.05) is 40.6 Å². The SMILES string of the molecule is COc1ccc(OC(=O)c2ccc(OCCCOC(=O)[C]34[CH]5[CH]6[CH]7[CH]3[Fe]6754389%10[CH]4[CH]3[CH]8[C]9(C(=O)OCCCOc3ccc(C(=O)Oc5ccc(OC)cc5)cc3)[CH]4%10)cc2)cc1. The largest absolute Gasteiger partial charge is 0.0163 e. The number of carbonyl (C=O) groups is 4. The van der Waals surface area contributed by atoms with Crippen LogP contribution in [0.1, 0.15) is 33.6 Å². The van der Waals surface area contributed by atoms with Crippen LogP contribution in [0.3, 0.4) is 0 Å². The number of fused-ring (bicyclic) bond motifs is 10. The van der Waals surface area contributed by atoms with Crippen LogP contribution in [0.4, 0.5) is 0 Å². The van der Waals surface area contributed by atoms with Crippen LogP contribution in [-0.2, 0) is 25.6 Å². The molecule has 306 valence electrons. The summed E-state index contributed by atoms with van der Waals surface area (Å²) in [6.45, 7) is -3.18. The second kappa shape index (κ2) is 6.95. The molecule has 1 spiro atoms. The Morgan fingerprint density at radius 1 is 0.458 bits per heavy atom. The zero-order valence-electron chi connectivity index (χ0n) is 32.4. The Balaban J connectivity index is 0.562. The Bertz CT molecular complexity index is 2730. The second-order valence-corrected chi connectivity index (χ2v) is 42.8. The maximum absolute atomic E-state index is 14.2. The minimum Gasteiger partial charge on any atom is -0.0163 e. The van der Waals surface area contributed by atoms with E-state index in [9.17, 15) is 19.2 Å². The Morgan fingerprint density at radius 2 is 0.780 bits per heavy atom. The van der Waals surface area contributed by atoms with Crippen LogP contribution in [0, 0.1) is 0 Å². The summed E-state index contributed by atoms with van der Waals surface area (Å²) in [6, 6.07) is 27.1. The number of ether oxygens (including phenoxy) is 8. The summed E-state index contributed by atoms with van der Waals surface area (Å²) in [5, 5.41) is 0. The van der Waals surface area contributed by atoms with E-state index in [2.05, 4.69) is 0 Å². The molecule has 0 aromatic heterocycles. The third-order valence-electron chi connectivity index (χ3n) is 21.7. The molecule has 4 aromatic rings. The molecule has 8 unspecified atom stereocenters. The van der Waals surface area contributed by atoms with Gasteiger partial charge in [0.15, 0.2) is 0 Å². The van der Waals surface area contributed by atoms with Gasteiger partial charge in [0.2, 0.25) is 0 Å². The van der Waals surface area contributed by atoms with Crippen LogP contribution in [0.15, 0.2) is 97.1 Å². The van der Waals surface area contributed by atoms with Gasteiger partial charge in [-0.15, -0.1) is 0 Å². The molecule has 0 amide bonds. The van der Waals surface area contributed by atoms with Crippen molar-refractivity contribution >= 4 is 23.9 Å². The predicted molar refractivity (Wildman–Crippen MR) is 206 cm³/mol. The van der Waals surface area contributed by atoms with E-state index in [1.807, 2.05) is 0 Å². The molecule has 10 aliphatic heterocycles. The van der Waals surface area contributed by atoms with Crippen molar-refractivity contribution in [2.24, 2.45) is 0 Å². The normalized spacial score (nSPS) is 43.1. The van der Waals surface area contributed by atoms with Crippen molar-refractivity contribution in [1.29, 1.82) is 0 Å². The summed E-state index contributed by atoms with van der Waals surface area (Å²) >= 11 is 0. The number of carbonyl (C=O) groups excluding carboxylic acids is 4. The van der Waals surface area contributed by atoms with Crippen molar-refractivity contribution in [3.63, 3.8) is 0 Å². The Hall–Kier alpha value is -5.52. The van der Waals surface area contributed by atoms with Gasteiger partial charge in [0, 0.05) is 0 Å². The van der Waals surface area contributed by atoms with Gasteiger partial charge >= 0.3 is 217 Å². The summed E-state index contributed by atoms with van der Waals surface area (Å²) in [7, 11) is 3.15. The number of esters is 4. The standard InChI is InChI=1S/2C23H21O6.Fe/c2*1-26-19-11-13-21(14-12-19)29-23(25)18-7-9-20(10-8-18)27-15-4-16-28-22(24)17-5-2-3-6-17;/h2*2-3,5-14H,4,15-16H2,1H3;. The van der Waals surface area contributed by atoms with E-state index in [0.29, 0.717) is 110 Å². The fourth-order valence-corrected chi connectivity index (χ4v) is 96.6. The summed E-state index contributed by atoms with van der Waals surface area (Å²) in [5.74, 6) is 2.49. The fourth-order valence-electron chi connectivity index (χ4n) is 21.7. The molecule has 10 saturated heterocycles. The van der Waals surface area contributed by atoms with Crippen LogP contribution in [-0.4, -0.2) is 64.5 Å². The first-order chi connectivity index (χ1) is 28.5. The molecule has 10 aliphatic rings. The summed E-state index contributed by atoms with van der Waals surface area (Å²) in [5.41, 5.74) is 0.801. The number of hydrogen-bond donors (Lipinski definition) is 0. The molecule has 0 aliphatic carbocycles. The Labute approximate surface area is 329 Å². The predicted octanol–water partition coefficient (Wildman–Crippen LogP) is 8.60. The quantitative estimate of drug-likeness (QED) is 0.0410. The first kappa shape index (κ1) is 33.3. The maximum atomic E-state index is 14.2. The van der Waals surface area contributed by atoms with Crippen molar-refractivity contribution in [2.45, 2.75) is 60.0 Å². The smallest absolute Gasteiger partial charge is 0.0155 e. The van der Waals surface area contributed by atoms with Crippen LogP contribution < -0.4 is 28.4 Å². The topological polar surface area (TPSA) is 142 Å². The minimum absolute atomic E-state index is 0.00399. The molecule has 4 aromatic carbocycles. The number of hydrogen-bond acceptors (Lipinski definition) is 12. The molecule has 59 heavy (non-hydrogen) atoms. The van der Waals surface area contributed by atoms with E-state index in [-0.39, 0.29) is 33.8 Å². The second-order valence-electron chi connectivity index (χ2n) is 19.6. The zero-order chi connectivity index (χ0) is 40.1. The van der Waals surface area contributed by atoms with Gasteiger partial charge in [0.1, 0.15) is 23.0 Å². The molecule has 12 nitrogen and oxygen atoms in total. The van der Waals surface area contributed by atoms with Gasteiger partial charge < -0.3 is 18.9 Å². The van der Waals surface area contributed by atoms with E-state index in [1.165, 1.54) is 0 Å². The molecule has 0 saturated carbocycles. The molecular weight excluding hydrogens is 800 g/mol. The van der Waals surface area contributed by atoms with Crippen molar-refractivity contribution in [1.82, 2.24) is 0 Å². The van der Waals surface area contributed by atoms with E-state index in [4.69, 9.17) is 37.9 Å². The van der Waals surface area contributed by atoms with Crippen LogP contribution in [0.5, 0.6) is 34.5 Å². The van der Waals surface area contributed by atoms with E-state index in [0.717, 1.165) is 0 Å². The van der Waals surface area contributed by atoms with Crippen LogP contribution in [0.2, 0.25) is 47.2 Å². The third-order valence-corrected chi connectivity index (χ3v) is 64.3. The van der Waals surface area contributed by atoms with Gasteiger partial charge in [-0.3, -0.25) is 0 Å². The fraction of sp³-hybridized carbons (Fsp3) is 0.391. The molecule has 13 heteroatoms. The Kier molecular flexibility index (Phi) is 3.92. The average molecular weight is 843 g/mol. The molecule has 10 fully saturated rings. The first-order valence-electron chi connectivity index (χ1n) is 20.3. The van der Waals surface area contributed by atoms with Crippen molar-refractivity contribution in [3.8, 4) is 34.5 Å². The Morgan fingerprint density at radius 3 is 1.10 bits per heavy atom. The van der Waals surface area contributed by atoms with Gasteiger partial charge in [-0.05, 0) is 48.5 Å². The van der Waals surface area contributed by atoms with Gasteiger partial charge in [0.25, 0.3) is 0 Å². The monoisotopic (exact) mass is 842 g/mol. The van der Waals surface area contributed by atoms with Gasteiger partial charge in [-0.1, -0.05) is 0 Å². The molecule has 0 N–H and O–H groups in total. The first-order valence-corrected chi connectivity index (χ1v) is 26.5. The zero-order valence-corrected chi connectivity index (χ0v) is 33.5. The molecule has 0 bridgehead atoms. The molecular formula is C46H42FeO12.